The summed E-state index contributed by atoms with van der Waals surface area (Å²) in [6, 6.07) is 15.2. The molecule has 2 nitrogen and oxygen atoms in total. The summed E-state index contributed by atoms with van der Waals surface area (Å²) >= 11 is 0. The number of hydrogen-bond acceptors (Lipinski definition) is 2. The second-order valence-electron chi connectivity index (χ2n) is 7.72. The van der Waals surface area contributed by atoms with Crippen LogP contribution in [0.25, 0.3) is 0 Å². The van der Waals surface area contributed by atoms with Crippen molar-refractivity contribution in [3.05, 3.63) is 59.7 Å². The van der Waals surface area contributed by atoms with E-state index in [-0.39, 0.29) is 0 Å². The first-order valence-electron chi connectivity index (χ1n) is 10.8. The number of rotatable bonds is 14. The van der Waals surface area contributed by atoms with Gasteiger partial charge in [-0.2, -0.15) is 0 Å². The molecule has 0 atom stereocenters. The summed E-state index contributed by atoms with van der Waals surface area (Å²) in [6.07, 6.45) is 17.0. The van der Waals surface area contributed by atoms with Gasteiger partial charge < -0.3 is 10.2 Å². The Kier molecular flexibility index (Phi) is 10.5. The molecule has 2 N–H and O–H groups in total. The summed E-state index contributed by atoms with van der Waals surface area (Å²) < 4.78 is 0. The molecule has 0 unspecified atom stereocenters. The SMILES string of the molecule is Oc1ccc(CCCCCCCCCCCCCc2ccc(O)cc2)cc1. The van der Waals surface area contributed by atoms with E-state index >= 15 is 0 Å². The highest BCUT2D eigenvalue weighted by Gasteiger charge is 1.97. The van der Waals surface area contributed by atoms with Gasteiger partial charge in [-0.25, -0.2) is 0 Å². The fourth-order valence-corrected chi connectivity index (χ4v) is 3.57. The van der Waals surface area contributed by atoms with Gasteiger partial charge in [-0.05, 0) is 61.1 Å². The molecule has 0 fully saturated rings. The normalized spacial score (nSPS) is 11.0. The quantitative estimate of drug-likeness (QED) is 0.347. The van der Waals surface area contributed by atoms with Gasteiger partial charge in [0.2, 0.25) is 0 Å². The number of hydrogen-bond donors (Lipinski definition) is 2. The van der Waals surface area contributed by atoms with Gasteiger partial charge in [0.15, 0.2) is 0 Å². The van der Waals surface area contributed by atoms with E-state index in [1.165, 1.54) is 81.8 Å². The number of unbranched alkanes of at least 4 members (excludes halogenated alkanes) is 10. The largest absolute Gasteiger partial charge is 0.508 e. The number of benzene rings is 2. The van der Waals surface area contributed by atoms with Crippen molar-refractivity contribution in [1.29, 1.82) is 0 Å². The molecule has 2 aromatic carbocycles. The monoisotopic (exact) mass is 368 g/mol. The lowest BCUT2D eigenvalue weighted by molar-refractivity contribution is 0.474. The van der Waals surface area contributed by atoms with Crippen molar-refractivity contribution >= 4 is 0 Å². The third kappa shape index (κ3) is 10.1. The molecule has 0 saturated heterocycles. The van der Waals surface area contributed by atoms with Crippen LogP contribution < -0.4 is 0 Å². The Labute approximate surface area is 165 Å². The van der Waals surface area contributed by atoms with Gasteiger partial charge in [-0.15, -0.1) is 0 Å². The van der Waals surface area contributed by atoms with E-state index in [1.54, 1.807) is 24.3 Å². The molecule has 0 aliphatic heterocycles. The van der Waals surface area contributed by atoms with Crippen molar-refractivity contribution in [3.8, 4) is 11.5 Å². The van der Waals surface area contributed by atoms with Gasteiger partial charge in [0.05, 0.1) is 0 Å². The molecule has 2 heteroatoms. The van der Waals surface area contributed by atoms with Gasteiger partial charge in [-0.1, -0.05) is 82.1 Å². The first-order valence-corrected chi connectivity index (χ1v) is 10.8. The lowest BCUT2D eigenvalue weighted by atomic mass is 10.0. The second kappa shape index (κ2) is 13.2. The minimum atomic E-state index is 0.357. The van der Waals surface area contributed by atoms with Crippen LogP contribution in [0.5, 0.6) is 11.5 Å². The summed E-state index contributed by atoms with van der Waals surface area (Å²) in [6.45, 7) is 0. The highest BCUT2D eigenvalue weighted by atomic mass is 16.3. The Morgan fingerprint density at radius 3 is 0.926 bits per heavy atom. The number of phenols is 2. The fourth-order valence-electron chi connectivity index (χ4n) is 3.57. The van der Waals surface area contributed by atoms with Crippen LogP contribution in [-0.2, 0) is 12.8 Å². The molecule has 0 saturated carbocycles. The lowest BCUT2D eigenvalue weighted by Crippen LogP contribution is -1.87. The van der Waals surface area contributed by atoms with Crippen LogP contribution >= 0.6 is 0 Å². The standard InChI is InChI=1S/C25H36O2/c26-24-18-14-22(15-19-24)12-10-8-6-4-2-1-3-5-7-9-11-13-23-16-20-25(27)21-17-23/h14-21,26-27H,1-13H2. The maximum atomic E-state index is 9.28. The molecule has 2 aromatic rings. The average Bonchev–Trinajstić information content (AvgIpc) is 2.68. The van der Waals surface area contributed by atoms with Crippen LogP contribution in [0.4, 0.5) is 0 Å². The average molecular weight is 369 g/mol. The zero-order valence-corrected chi connectivity index (χ0v) is 16.7. The highest BCUT2D eigenvalue weighted by molar-refractivity contribution is 5.26. The van der Waals surface area contributed by atoms with Crippen LogP contribution in [0.3, 0.4) is 0 Å². The zero-order chi connectivity index (χ0) is 19.2. The Morgan fingerprint density at radius 1 is 0.370 bits per heavy atom. The zero-order valence-electron chi connectivity index (χ0n) is 16.7. The predicted molar refractivity (Wildman–Crippen MR) is 114 cm³/mol. The van der Waals surface area contributed by atoms with Crippen LogP contribution in [0, 0.1) is 0 Å². The second-order valence-corrected chi connectivity index (χ2v) is 7.72. The van der Waals surface area contributed by atoms with E-state index in [0.717, 1.165) is 12.8 Å². The first-order chi connectivity index (χ1) is 13.2. The van der Waals surface area contributed by atoms with Gasteiger partial charge in [0, 0.05) is 0 Å². The molecule has 0 radical (unpaired) electrons. The molecule has 0 heterocycles. The predicted octanol–water partition coefficient (Wildman–Crippen LogP) is 7.17. The third-order valence-corrected chi connectivity index (χ3v) is 5.30. The van der Waals surface area contributed by atoms with Crippen LogP contribution in [-0.4, -0.2) is 10.2 Å². The van der Waals surface area contributed by atoms with E-state index in [1.807, 2.05) is 24.3 Å². The molecular formula is C25H36O2. The summed E-state index contributed by atoms with van der Waals surface area (Å²) in [5.41, 5.74) is 2.66. The minimum absolute atomic E-state index is 0.357. The van der Waals surface area contributed by atoms with Crippen molar-refractivity contribution in [2.24, 2.45) is 0 Å². The van der Waals surface area contributed by atoms with Crippen molar-refractivity contribution in [2.45, 2.75) is 83.5 Å². The molecule has 0 aromatic heterocycles. The van der Waals surface area contributed by atoms with E-state index in [0.29, 0.717) is 11.5 Å². The Bertz CT molecular complexity index is 546. The smallest absolute Gasteiger partial charge is 0.115 e. The Hall–Kier alpha value is -1.96. The Morgan fingerprint density at radius 2 is 0.630 bits per heavy atom. The molecule has 0 aliphatic carbocycles. The van der Waals surface area contributed by atoms with Gasteiger partial charge in [0.25, 0.3) is 0 Å². The molecule has 0 amide bonds. The van der Waals surface area contributed by atoms with E-state index in [9.17, 15) is 10.2 Å². The molecule has 0 aliphatic rings. The van der Waals surface area contributed by atoms with Gasteiger partial charge >= 0.3 is 0 Å². The molecule has 0 bridgehead atoms. The van der Waals surface area contributed by atoms with Crippen molar-refractivity contribution in [1.82, 2.24) is 0 Å². The highest BCUT2D eigenvalue weighted by Crippen LogP contribution is 2.16. The number of aromatic hydroxyl groups is 2. The number of aryl methyl sites for hydroxylation is 2. The summed E-state index contributed by atoms with van der Waals surface area (Å²) in [5.74, 6) is 0.715. The van der Waals surface area contributed by atoms with Crippen LogP contribution in [0.2, 0.25) is 0 Å². The molecular weight excluding hydrogens is 332 g/mol. The maximum Gasteiger partial charge on any atom is 0.115 e. The Balaban J connectivity index is 1.32. The number of phenolic OH excluding ortho intramolecular Hbond substituents is 2. The fraction of sp³-hybridized carbons (Fsp3) is 0.520. The summed E-state index contributed by atoms with van der Waals surface area (Å²) in [7, 11) is 0. The molecule has 0 spiro atoms. The van der Waals surface area contributed by atoms with Gasteiger partial charge in [0.1, 0.15) is 11.5 Å². The molecule has 27 heavy (non-hydrogen) atoms. The van der Waals surface area contributed by atoms with Crippen molar-refractivity contribution < 1.29 is 10.2 Å². The summed E-state index contributed by atoms with van der Waals surface area (Å²) in [5, 5.41) is 18.6. The van der Waals surface area contributed by atoms with Gasteiger partial charge in [-0.3, -0.25) is 0 Å². The topological polar surface area (TPSA) is 40.5 Å². The van der Waals surface area contributed by atoms with Crippen LogP contribution in [0.15, 0.2) is 48.5 Å². The molecule has 2 rings (SSSR count). The molecule has 148 valence electrons. The van der Waals surface area contributed by atoms with Crippen molar-refractivity contribution in [2.75, 3.05) is 0 Å². The van der Waals surface area contributed by atoms with E-state index in [4.69, 9.17) is 0 Å². The maximum absolute atomic E-state index is 9.28. The summed E-state index contributed by atoms with van der Waals surface area (Å²) in [4.78, 5) is 0. The lowest BCUT2D eigenvalue weighted by Gasteiger charge is -2.04. The third-order valence-electron chi connectivity index (χ3n) is 5.30. The van der Waals surface area contributed by atoms with Crippen LogP contribution in [0.1, 0.15) is 81.8 Å². The van der Waals surface area contributed by atoms with E-state index in [2.05, 4.69) is 0 Å². The minimum Gasteiger partial charge on any atom is -0.508 e. The first kappa shape index (κ1) is 21.3. The van der Waals surface area contributed by atoms with E-state index < -0.39 is 0 Å². The van der Waals surface area contributed by atoms with Crippen molar-refractivity contribution in [3.63, 3.8) is 0 Å².